The average Bonchev–Trinajstić information content (AvgIpc) is 3.62. The van der Waals surface area contributed by atoms with Crippen molar-refractivity contribution < 1.29 is 14.3 Å². The van der Waals surface area contributed by atoms with Crippen LogP contribution in [0, 0.1) is 6.92 Å². The number of nitrogens with one attached hydrogen (secondary N) is 1. The smallest absolute Gasteiger partial charge is 0.319 e. The highest BCUT2D eigenvalue weighted by Crippen LogP contribution is 2.41. The van der Waals surface area contributed by atoms with Crippen LogP contribution in [0.2, 0.25) is 10.2 Å². The Labute approximate surface area is 247 Å². The number of nitrogens with zero attached hydrogens (tertiary/aromatic N) is 7. The first-order chi connectivity index (χ1) is 19.8. The van der Waals surface area contributed by atoms with Crippen molar-refractivity contribution in [2.24, 2.45) is 0 Å². The third-order valence-electron chi connectivity index (χ3n) is 7.74. The van der Waals surface area contributed by atoms with E-state index in [0.29, 0.717) is 65.7 Å². The summed E-state index contributed by atoms with van der Waals surface area (Å²) < 4.78 is 12.6. The van der Waals surface area contributed by atoms with Crippen molar-refractivity contribution in [3.8, 4) is 17.6 Å². The second kappa shape index (κ2) is 11.3. The monoisotopic (exact) mass is 596 g/mol. The molecule has 1 N–H and O–H groups in total. The minimum absolute atomic E-state index is 0.0922. The summed E-state index contributed by atoms with van der Waals surface area (Å²) in [6.07, 6.45) is 5.17. The van der Waals surface area contributed by atoms with E-state index < -0.39 is 0 Å². The lowest BCUT2D eigenvalue weighted by atomic mass is 10.1. The summed E-state index contributed by atoms with van der Waals surface area (Å²) >= 11 is 13.2. The zero-order valence-corrected chi connectivity index (χ0v) is 24.4. The second-order valence-electron chi connectivity index (χ2n) is 10.4. The molecule has 0 saturated carbocycles. The molecule has 6 rings (SSSR count). The Morgan fingerprint density at radius 1 is 1.15 bits per heavy atom. The Kier molecular flexibility index (Phi) is 7.58. The number of aromatic nitrogens is 5. The normalized spacial score (nSPS) is 17.9. The van der Waals surface area contributed by atoms with Crippen molar-refractivity contribution in [1.29, 1.82) is 0 Å². The third kappa shape index (κ3) is 5.37. The van der Waals surface area contributed by atoms with Gasteiger partial charge in [-0.25, -0.2) is 0 Å². The number of hydrogen-bond donors (Lipinski definition) is 1. The molecule has 2 aliphatic rings. The van der Waals surface area contributed by atoms with E-state index in [2.05, 4.69) is 38.6 Å². The second-order valence-corrected chi connectivity index (χ2v) is 11.1. The van der Waals surface area contributed by atoms with E-state index >= 15 is 0 Å². The summed E-state index contributed by atoms with van der Waals surface area (Å²) in [7, 11) is 2.10. The van der Waals surface area contributed by atoms with E-state index in [4.69, 9.17) is 42.6 Å². The van der Waals surface area contributed by atoms with Crippen molar-refractivity contribution >= 4 is 56.7 Å². The number of fused-ring (bicyclic) bond motifs is 2. The van der Waals surface area contributed by atoms with Crippen LogP contribution in [0.1, 0.15) is 18.4 Å². The first-order valence-corrected chi connectivity index (χ1v) is 14.3. The highest BCUT2D eigenvalue weighted by molar-refractivity contribution is 6.34. The van der Waals surface area contributed by atoms with E-state index in [0.717, 1.165) is 30.5 Å². The number of aryl methyl sites for hydroxylation is 1. The molecule has 2 fully saturated rings. The van der Waals surface area contributed by atoms with Crippen molar-refractivity contribution in [3.63, 3.8) is 0 Å². The number of anilines is 1. The molecule has 3 aromatic heterocycles. The first-order valence-electron chi connectivity index (χ1n) is 13.5. The molecule has 1 aromatic carbocycles. The first kappa shape index (κ1) is 27.5. The number of ether oxygens (including phenoxy) is 2. The quantitative estimate of drug-likeness (QED) is 0.241. The van der Waals surface area contributed by atoms with Gasteiger partial charge in [-0.3, -0.25) is 9.89 Å². The van der Waals surface area contributed by atoms with E-state index in [1.54, 1.807) is 17.2 Å². The maximum atomic E-state index is 12.2. The van der Waals surface area contributed by atoms with E-state index in [1.165, 1.54) is 6.08 Å². The van der Waals surface area contributed by atoms with Crippen molar-refractivity contribution in [3.05, 3.63) is 46.7 Å². The number of H-pyrrole nitrogens is 1. The molecule has 0 unspecified atom stereocenters. The summed E-state index contributed by atoms with van der Waals surface area (Å²) in [6.45, 7) is 9.17. The molecule has 2 aliphatic heterocycles. The molecular weight excluding hydrogens is 567 g/mol. The van der Waals surface area contributed by atoms with Crippen molar-refractivity contribution in [2.75, 3.05) is 51.3 Å². The molecule has 1 amide bonds. The molecule has 0 radical (unpaired) electrons. The number of amides is 1. The van der Waals surface area contributed by atoms with Gasteiger partial charge < -0.3 is 24.2 Å². The molecule has 5 heterocycles. The van der Waals surface area contributed by atoms with Gasteiger partial charge in [0.1, 0.15) is 23.1 Å². The molecule has 0 spiro atoms. The number of pyridine rings is 1. The summed E-state index contributed by atoms with van der Waals surface area (Å²) in [5.41, 5.74) is 2.03. The van der Waals surface area contributed by atoms with Gasteiger partial charge in [-0.05, 0) is 57.1 Å². The van der Waals surface area contributed by atoms with E-state index in [9.17, 15) is 4.79 Å². The molecule has 41 heavy (non-hydrogen) atoms. The van der Waals surface area contributed by atoms with Gasteiger partial charge in [0, 0.05) is 32.2 Å². The summed E-state index contributed by atoms with van der Waals surface area (Å²) in [5, 5.41) is 9.12. The van der Waals surface area contributed by atoms with Crippen LogP contribution in [-0.2, 0) is 4.79 Å². The Balaban J connectivity index is 1.43. The number of halogens is 2. The number of likely N-dealkylation sites (tertiary alicyclic amines) is 1. The molecule has 4 aromatic rings. The number of aromatic amines is 1. The number of piperazine rings is 1. The predicted molar refractivity (Wildman–Crippen MR) is 158 cm³/mol. The van der Waals surface area contributed by atoms with Crippen LogP contribution in [0.15, 0.2) is 31.0 Å². The highest BCUT2D eigenvalue weighted by atomic mass is 35.5. The lowest BCUT2D eigenvalue weighted by Gasteiger charge is -2.35. The molecule has 11 nitrogen and oxygen atoms in total. The highest BCUT2D eigenvalue weighted by Gasteiger charge is 2.27. The number of carbonyl (C=O) groups excluding carboxylic acids is 1. The van der Waals surface area contributed by atoms with Gasteiger partial charge in [-0.2, -0.15) is 20.1 Å². The number of hydrogen-bond acceptors (Lipinski definition) is 9. The number of benzene rings is 1. The van der Waals surface area contributed by atoms with Crippen molar-refractivity contribution in [1.82, 2.24) is 34.9 Å². The van der Waals surface area contributed by atoms with Gasteiger partial charge in [-0.1, -0.05) is 29.8 Å². The van der Waals surface area contributed by atoms with Gasteiger partial charge in [0.25, 0.3) is 0 Å². The molecule has 0 bridgehead atoms. The van der Waals surface area contributed by atoms with Crippen LogP contribution in [0.3, 0.4) is 0 Å². The van der Waals surface area contributed by atoms with Crippen molar-refractivity contribution in [2.45, 2.75) is 25.8 Å². The number of carbonyl (C=O) groups is 1. The topological polar surface area (TPSA) is 113 Å². The van der Waals surface area contributed by atoms with Crippen LogP contribution < -0.4 is 14.4 Å². The standard InChI is InChI=1S/C28H30Cl2N8O3/c1-4-22(39)37-8-10-38(11-9-37)26-18-13-21(29)32-27(41-25-19-14-31-35-20(19)12-16(2)23(25)30)24(18)33-28(34-26)40-15-17-6-5-7-36(17)3/h4,12-14,17H,1,5-11,15H2,2-3H3,(H,31,35)/t17-/m0/s1. The molecule has 2 saturated heterocycles. The van der Waals surface area contributed by atoms with Crippen LogP contribution in [0.4, 0.5) is 5.82 Å². The molecular formula is C28H30Cl2N8O3. The van der Waals surface area contributed by atoms with E-state index in [1.807, 2.05) is 13.0 Å². The lowest BCUT2D eigenvalue weighted by molar-refractivity contribution is -0.126. The summed E-state index contributed by atoms with van der Waals surface area (Å²) in [4.78, 5) is 32.4. The maximum absolute atomic E-state index is 12.2. The van der Waals surface area contributed by atoms with Crippen LogP contribution in [0.5, 0.6) is 17.6 Å². The molecule has 0 aliphatic carbocycles. The zero-order valence-electron chi connectivity index (χ0n) is 22.9. The number of rotatable bonds is 7. The van der Waals surface area contributed by atoms with Gasteiger partial charge in [0.2, 0.25) is 11.8 Å². The predicted octanol–water partition coefficient (Wildman–Crippen LogP) is 4.62. The average molecular weight is 598 g/mol. The number of likely N-dealkylation sites (N-methyl/N-ethyl adjacent to an activating group) is 1. The molecule has 1 atom stereocenters. The molecule has 214 valence electrons. The van der Waals surface area contributed by atoms with Gasteiger partial charge in [-0.15, -0.1) is 0 Å². The Morgan fingerprint density at radius 2 is 1.95 bits per heavy atom. The van der Waals surface area contributed by atoms with Gasteiger partial charge >= 0.3 is 6.01 Å². The van der Waals surface area contributed by atoms with Gasteiger partial charge in [0.15, 0.2) is 5.75 Å². The Hall–Kier alpha value is -3.67. The lowest BCUT2D eigenvalue weighted by Crippen LogP contribution is -2.48. The van der Waals surface area contributed by atoms with Crippen LogP contribution in [0.25, 0.3) is 21.8 Å². The van der Waals surface area contributed by atoms with Gasteiger partial charge in [0.05, 0.1) is 27.5 Å². The zero-order chi connectivity index (χ0) is 28.7. The Morgan fingerprint density at radius 3 is 2.68 bits per heavy atom. The third-order valence-corrected chi connectivity index (χ3v) is 8.40. The summed E-state index contributed by atoms with van der Waals surface area (Å²) in [6, 6.07) is 4.13. The fraction of sp³-hybridized carbons (Fsp3) is 0.393. The van der Waals surface area contributed by atoms with Crippen LogP contribution in [-0.4, -0.2) is 93.3 Å². The van der Waals surface area contributed by atoms with Crippen LogP contribution >= 0.6 is 23.2 Å². The fourth-order valence-corrected chi connectivity index (χ4v) is 5.78. The minimum Gasteiger partial charge on any atom is -0.462 e. The maximum Gasteiger partial charge on any atom is 0.319 e. The largest absolute Gasteiger partial charge is 0.462 e. The SMILES string of the molecule is C=CC(=O)N1CCN(c2nc(OC[C@@H]3CCCN3C)nc3c(Oc4c(Cl)c(C)cc5[nH]ncc45)nc(Cl)cc23)CC1. The molecule has 13 heteroatoms. The Bertz CT molecular complexity index is 1640. The van der Waals surface area contributed by atoms with E-state index in [-0.39, 0.29) is 29.0 Å². The minimum atomic E-state index is -0.0922. The fourth-order valence-electron chi connectivity index (χ4n) is 5.40. The summed E-state index contributed by atoms with van der Waals surface area (Å²) in [5.74, 6) is 1.12.